The van der Waals surface area contributed by atoms with Crippen LogP contribution in [0.15, 0.2) is 5.38 Å². The van der Waals surface area contributed by atoms with Crippen molar-refractivity contribution in [2.45, 2.75) is 20.0 Å². The lowest BCUT2D eigenvalue weighted by Gasteiger charge is -2.25. The summed E-state index contributed by atoms with van der Waals surface area (Å²) in [4.78, 5) is 6.70. The molecule has 0 radical (unpaired) electrons. The number of aromatic nitrogens is 1. The molecule has 18 heavy (non-hydrogen) atoms. The summed E-state index contributed by atoms with van der Waals surface area (Å²) in [5.41, 5.74) is 1.05. The molecule has 0 bridgehead atoms. The molecule has 1 aromatic rings. The second-order valence-electron chi connectivity index (χ2n) is 4.44. The van der Waals surface area contributed by atoms with E-state index in [1.165, 1.54) is 0 Å². The Morgan fingerprint density at radius 2 is 2.17 bits per heavy atom. The molecule has 1 N–H and O–H groups in total. The van der Waals surface area contributed by atoms with Crippen molar-refractivity contribution < 1.29 is 8.42 Å². The van der Waals surface area contributed by atoms with E-state index in [1.807, 2.05) is 0 Å². The van der Waals surface area contributed by atoms with Crippen LogP contribution in [0, 0.1) is 0 Å². The highest BCUT2D eigenvalue weighted by atomic mass is 32.2. The molecular formula is C11H19N3O2S2. The van der Waals surface area contributed by atoms with Crippen LogP contribution in [0.5, 0.6) is 0 Å². The fraction of sp³-hybridized carbons (Fsp3) is 0.727. The molecule has 0 amide bonds. The Labute approximate surface area is 112 Å². The van der Waals surface area contributed by atoms with Gasteiger partial charge in [-0.15, -0.1) is 11.3 Å². The van der Waals surface area contributed by atoms with Gasteiger partial charge in [-0.05, 0) is 6.54 Å². The molecule has 0 saturated carbocycles. The molecule has 1 aliphatic rings. The second-order valence-corrected chi connectivity index (χ2v) is 7.69. The first-order chi connectivity index (χ1) is 8.59. The van der Waals surface area contributed by atoms with Crippen LogP contribution in [0.2, 0.25) is 0 Å². The number of sulfone groups is 1. The SMILES string of the molecule is CCNCc1nc(CN2CCS(=O)(=O)CC2)cs1. The molecule has 5 nitrogen and oxygen atoms in total. The van der Waals surface area contributed by atoms with Gasteiger partial charge in [0.15, 0.2) is 9.84 Å². The lowest BCUT2D eigenvalue weighted by Crippen LogP contribution is -2.39. The van der Waals surface area contributed by atoms with Crippen molar-refractivity contribution in [2.75, 3.05) is 31.1 Å². The Bertz CT molecular complexity index is 470. The quantitative estimate of drug-likeness (QED) is 0.854. The van der Waals surface area contributed by atoms with Crippen molar-refractivity contribution in [3.63, 3.8) is 0 Å². The molecule has 0 aliphatic carbocycles. The fourth-order valence-corrected chi connectivity index (χ4v) is 3.90. The minimum atomic E-state index is -2.78. The zero-order valence-electron chi connectivity index (χ0n) is 10.6. The van der Waals surface area contributed by atoms with Crippen LogP contribution in [0.4, 0.5) is 0 Å². The summed E-state index contributed by atoms with van der Waals surface area (Å²) in [6.07, 6.45) is 0. The predicted molar refractivity (Wildman–Crippen MR) is 73.4 cm³/mol. The van der Waals surface area contributed by atoms with Gasteiger partial charge in [-0.3, -0.25) is 4.90 Å². The van der Waals surface area contributed by atoms with Crippen LogP contribution < -0.4 is 5.32 Å². The number of thiazole rings is 1. The van der Waals surface area contributed by atoms with E-state index < -0.39 is 9.84 Å². The van der Waals surface area contributed by atoms with E-state index in [0.29, 0.717) is 13.1 Å². The van der Waals surface area contributed by atoms with Crippen molar-refractivity contribution in [3.8, 4) is 0 Å². The molecule has 0 unspecified atom stereocenters. The molecule has 2 heterocycles. The maximum absolute atomic E-state index is 11.3. The predicted octanol–water partition coefficient (Wildman–Crippen LogP) is 0.483. The van der Waals surface area contributed by atoms with Gasteiger partial charge < -0.3 is 5.32 Å². The molecule has 1 aromatic heterocycles. The van der Waals surface area contributed by atoms with Gasteiger partial charge in [0.2, 0.25) is 0 Å². The van der Waals surface area contributed by atoms with E-state index in [0.717, 1.165) is 30.3 Å². The Morgan fingerprint density at radius 1 is 1.44 bits per heavy atom. The van der Waals surface area contributed by atoms with E-state index in [9.17, 15) is 8.42 Å². The zero-order chi connectivity index (χ0) is 13.0. The Hall–Kier alpha value is -0.500. The topological polar surface area (TPSA) is 62.3 Å². The van der Waals surface area contributed by atoms with Crippen molar-refractivity contribution >= 4 is 21.2 Å². The van der Waals surface area contributed by atoms with Gasteiger partial charge in [-0.2, -0.15) is 0 Å². The lowest BCUT2D eigenvalue weighted by molar-refractivity contribution is 0.284. The molecule has 1 aliphatic heterocycles. The summed E-state index contributed by atoms with van der Waals surface area (Å²) < 4.78 is 22.6. The van der Waals surface area contributed by atoms with Crippen molar-refractivity contribution in [3.05, 3.63) is 16.1 Å². The van der Waals surface area contributed by atoms with Crippen molar-refractivity contribution in [1.82, 2.24) is 15.2 Å². The van der Waals surface area contributed by atoms with Gasteiger partial charge in [0.05, 0.1) is 17.2 Å². The van der Waals surface area contributed by atoms with Crippen molar-refractivity contribution in [1.29, 1.82) is 0 Å². The number of rotatable bonds is 5. The van der Waals surface area contributed by atoms with Gasteiger partial charge in [0.1, 0.15) is 5.01 Å². The summed E-state index contributed by atoms with van der Waals surface area (Å²) in [5, 5.41) is 6.41. The average molecular weight is 289 g/mol. The maximum atomic E-state index is 11.3. The zero-order valence-corrected chi connectivity index (χ0v) is 12.2. The van der Waals surface area contributed by atoms with Gasteiger partial charge in [0, 0.05) is 31.6 Å². The summed E-state index contributed by atoms with van der Waals surface area (Å²) in [5.74, 6) is 0.558. The second kappa shape index (κ2) is 6.10. The first kappa shape index (κ1) is 13.9. The minimum Gasteiger partial charge on any atom is -0.311 e. The van der Waals surface area contributed by atoms with Crippen LogP contribution in [0.3, 0.4) is 0 Å². The molecule has 1 fully saturated rings. The highest BCUT2D eigenvalue weighted by Gasteiger charge is 2.21. The van der Waals surface area contributed by atoms with Crippen LogP contribution in [-0.4, -0.2) is 49.4 Å². The highest BCUT2D eigenvalue weighted by molar-refractivity contribution is 7.91. The van der Waals surface area contributed by atoms with E-state index in [1.54, 1.807) is 11.3 Å². The minimum absolute atomic E-state index is 0.279. The summed E-state index contributed by atoms with van der Waals surface area (Å²) in [7, 11) is -2.78. The van der Waals surface area contributed by atoms with Crippen LogP contribution in [-0.2, 0) is 22.9 Å². The van der Waals surface area contributed by atoms with Crippen LogP contribution in [0.25, 0.3) is 0 Å². The van der Waals surface area contributed by atoms with Gasteiger partial charge in [0.25, 0.3) is 0 Å². The van der Waals surface area contributed by atoms with E-state index in [2.05, 4.69) is 27.5 Å². The van der Waals surface area contributed by atoms with Gasteiger partial charge >= 0.3 is 0 Å². The smallest absolute Gasteiger partial charge is 0.152 e. The largest absolute Gasteiger partial charge is 0.311 e. The number of nitrogens with one attached hydrogen (secondary N) is 1. The molecule has 0 atom stereocenters. The first-order valence-electron chi connectivity index (χ1n) is 6.16. The third kappa shape index (κ3) is 4.01. The molecule has 0 spiro atoms. The lowest BCUT2D eigenvalue weighted by atomic mass is 10.4. The Kier molecular flexibility index (Phi) is 4.71. The number of hydrogen-bond acceptors (Lipinski definition) is 6. The van der Waals surface area contributed by atoms with E-state index in [4.69, 9.17) is 0 Å². The molecule has 2 rings (SSSR count). The molecule has 1 saturated heterocycles. The molecule has 0 aromatic carbocycles. The van der Waals surface area contributed by atoms with E-state index in [-0.39, 0.29) is 11.5 Å². The normalized spacial score (nSPS) is 20.1. The first-order valence-corrected chi connectivity index (χ1v) is 8.86. The van der Waals surface area contributed by atoms with E-state index >= 15 is 0 Å². The van der Waals surface area contributed by atoms with Gasteiger partial charge in [-0.25, -0.2) is 13.4 Å². The van der Waals surface area contributed by atoms with Crippen LogP contribution >= 0.6 is 11.3 Å². The standard InChI is InChI=1S/C11H19N3O2S2/c1-2-12-7-11-13-10(9-17-11)8-14-3-5-18(15,16)6-4-14/h9,12H,2-8H2,1H3. The Morgan fingerprint density at radius 3 is 2.83 bits per heavy atom. The highest BCUT2D eigenvalue weighted by Crippen LogP contribution is 2.13. The average Bonchev–Trinajstić information content (AvgIpc) is 2.77. The third-order valence-electron chi connectivity index (χ3n) is 2.95. The van der Waals surface area contributed by atoms with Crippen LogP contribution in [0.1, 0.15) is 17.6 Å². The van der Waals surface area contributed by atoms with Gasteiger partial charge in [-0.1, -0.05) is 6.92 Å². The third-order valence-corrected chi connectivity index (χ3v) is 5.45. The molecular weight excluding hydrogens is 270 g/mol. The van der Waals surface area contributed by atoms with Crippen molar-refractivity contribution in [2.24, 2.45) is 0 Å². The molecule has 7 heteroatoms. The summed E-state index contributed by atoms with van der Waals surface area (Å²) >= 11 is 1.66. The summed E-state index contributed by atoms with van der Waals surface area (Å²) in [6.45, 7) is 5.85. The number of nitrogens with zero attached hydrogens (tertiary/aromatic N) is 2. The Balaban J connectivity index is 1.84. The molecule has 102 valence electrons. The summed E-state index contributed by atoms with van der Waals surface area (Å²) in [6, 6.07) is 0. The maximum Gasteiger partial charge on any atom is 0.152 e. The fourth-order valence-electron chi connectivity index (χ4n) is 1.87. The monoisotopic (exact) mass is 289 g/mol. The number of hydrogen-bond donors (Lipinski definition) is 1.